The summed E-state index contributed by atoms with van der Waals surface area (Å²) in [5.74, 6) is -1.04. The molecule has 2 N–H and O–H groups in total. The number of carbonyl (C=O) groups is 1. The number of hydrogen-bond acceptors (Lipinski definition) is 5. The van der Waals surface area contributed by atoms with E-state index in [4.69, 9.17) is 5.11 Å². The van der Waals surface area contributed by atoms with Gasteiger partial charge in [-0.3, -0.25) is 4.79 Å². The smallest absolute Gasteiger partial charge is 0.304 e. The van der Waals surface area contributed by atoms with Gasteiger partial charge in [-0.15, -0.1) is 11.3 Å². The fourth-order valence-electron chi connectivity index (χ4n) is 1.36. The Morgan fingerprint density at radius 1 is 1.53 bits per heavy atom. The number of rotatable bonds is 7. The highest BCUT2D eigenvalue weighted by Gasteiger charge is 2.20. The minimum Gasteiger partial charge on any atom is -0.481 e. The van der Waals surface area contributed by atoms with Crippen molar-refractivity contribution < 1.29 is 18.3 Å². The summed E-state index contributed by atoms with van der Waals surface area (Å²) in [5.41, 5.74) is 0.857. The van der Waals surface area contributed by atoms with Crippen LogP contribution in [0, 0.1) is 6.92 Å². The van der Waals surface area contributed by atoms with E-state index in [0.29, 0.717) is 5.13 Å². The average molecular weight is 307 g/mol. The van der Waals surface area contributed by atoms with Crippen molar-refractivity contribution >= 4 is 32.6 Å². The van der Waals surface area contributed by atoms with Gasteiger partial charge >= 0.3 is 16.2 Å². The minimum absolute atomic E-state index is 0.0876. The number of thiazole rings is 1. The van der Waals surface area contributed by atoms with Crippen LogP contribution in [0.1, 0.15) is 23.9 Å². The van der Waals surface area contributed by atoms with Gasteiger partial charge in [-0.1, -0.05) is 6.92 Å². The molecule has 0 spiro atoms. The first kappa shape index (κ1) is 15.9. The number of nitrogens with one attached hydrogen (secondary N) is 1. The van der Waals surface area contributed by atoms with E-state index < -0.39 is 16.2 Å². The van der Waals surface area contributed by atoms with E-state index in [-0.39, 0.29) is 13.0 Å². The number of carboxylic acid groups (broad SMARTS) is 1. The van der Waals surface area contributed by atoms with Crippen molar-refractivity contribution in [3.05, 3.63) is 10.6 Å². The van der Waals surface area contributed by atoms with Crippen LogP contribution < -0.4 is 4.72 Å². The second-order valence-corrected chi connectivity index (χ2v) is 6.93. The molecular weight excluding hydrogens is 290 g/mol. The van der Waals surface area contributed by atoms with Crippen molar-refractivity contribution in [2.45, 2.75) is 26.7 Å². The molecule has 0 aromatic carbocycles. The maximum atomic E-state index is 11.9. The van der Waals surface area contributed by atoms with Crippen molar-refractivity contribution in [3.8, 4) is 0 Å². The molecule has 0 unspecified atom stereocenters. The third kappa shape index (κ3) is 4.44. The van der Waals surface area contributed by atoms with Gasteiger partial charge in [0.25, 0.3) is 0 Å². The van der Waals surface area contributed by atoms with Gasteiger partial charge in [0.05, 0.1) is 12.1 Å². The number of anilines is 1. The number of aryl methyl sites for hydroxylation is 2. The number of hydrogen-bond donors (Lipinski definition) is 2. The van der Waals surface area contributed by atoms with Crippen LogP contribution in [0.5, 0.6) is 0 Å². The van der Waals surface area contributed by atoms with Gasteiger partial charge in [0.1, 0.15) is 0 Å². The SMILES string of the molecule is CCc1nc(NS(=O)(=O)N(C)CCC(=O)O)sc1C. The van der Waals surface area contributed by atoms with Gasteiger partial charge < -0.3 is 5.11 Å². The van der Waals surface area contributed by atoms with Crippen molar-refractivity contribution in [3.63, 3.8) is 0 Å². The first-order valence-electron chi connectivity index (χ1n) is 5.68. The lowest BCUT2D eigenvalue weighted by atomic mass is 10.3. The summed E-state index contributed by atoms with van der Waals surface area (Å²) >= 11 is 1.26. The summed E-state index contributed by atoms with van der Waals surface area (Å²) in [7, 11) is -2.43. The number of carboxylic acids is 1. The molecule has 19 heavy (non-hydrogen) atoms. The molecule has 9 heteroatoms. The van der Waals surface area contributed by atoms with E-state index in [1.807, 2.05) is 13.8 Å². The second-order valence-electron chi connectivity index (χ2n) is 3.95. The standard InChI is InChI=1S/C10H17N3O4S2/c1-4-8-7(2)18-10(11-8)12-19(16,17)13(3)6-5-9(14)15/h4-6H2,1-3H3,(H,11,12)(H,14,15). The molecule has 0 aliphatic rings. The average Bonchev–Trinajstić information content (AvgIpc) is 2.65. The maximum Gasteiger partial charge on any atom is 0.304 e. The molecule has 0 saturated heterocycles. The molecule has 1 aromatic heterocycles. The Morgan fingerprint density at radius 3 is 2.63 bits per heavy atom. The van der Waals surface area contributed by atoms with Crippen molar-refractivity contribution in [1.29, 1.82) is 0 Å². The van der Waals surface area contributed by atoms with Gasteiger partial charge in [0, 0.05) is 18.5 Å². The molecule has 1 rings (SSSR count). The van der Waals surface area contributed by atoms with E-state index in [9.17, 15) is 13.2 Å². The lowest BCUT2D eigenvalue weighted by Gasteiger charge is -2.15. The Balaban J connectivity index is 2.75. The van der Waals surface area contributed by atoms with Crippen LogP contribution >= 0.6 is 11.3 Å². The lowest BCUT2D eigenvalue weighted by molar-refractivity contribution is -0.137. The van der Waals surface area contributed by atoms with E-state index >= 15 is 0 Å². The van der Waals surface area contributed by atoms with Gasteiger partial charge in [-0.05, 0) is 13.3 Å². The van der Waals surface area contributed by atoms with E-state index in [2.05, 4.69) is 9.71 Å². The molecule has 0 fully saturated rings. The Kier molecular flexibility index (Phi) is 5.27. The molecule has 0 atom stereocenters. The lowest BCUT2D eigenvalue weighted by Crippen LogP contribution is -2.34. The van der Waals surface area contributed by atoms with E-state index in [1.54, 1.807) is 0 Å². The number of aliphatic carboxylic acids is 1. The van der Waals surface area contributed by atoms with Gasteiger partial charge in [-0.2, -0.15) is 12.7 Å². The monoisotopic (exact) mass is 307 g/mol. The molecule has 7 nitrogen and oxygen atoms in total. The zero-order valence-electron chi connectivity index (χ0n) is 11.0. The summed E-state index contributed by atoms with van der Waals surface area (Å²) in [4.78, 5) is 15.6. The zero-order chi connectivity index (χ0) is 14.6. The highest BCUT2D eigenvalue weighted by molar-refractivity contribution is 7.90. The van der Waals surface area contributed by atoms with Crippen LogP contribution in [0.3, 0.4) is 0 Å². The van der Waals surface area contributed by atoms with Crippen LogP contribution in [0.15, 0.2) is 0 Å². The Hall–Kier alpha value is -1.19. The van der Waals surface area contributed by atoms with E-state index in [0.717, 1.165) is 21.3 Å². The van der Waals surface area contributed by atoms with Crippen molar-refractivity contribution in [2.24, 2.45) is 0 Å². The maximum absolute atomic E-state index is 11.9. The molecule has 1 aromatic rings. The van der Waals surface area contributed by atoms with Crippen LogP contribution in [0.25, 0.3) is 0 Å². The predicted molar refractivity (Wildman–Crippen MR) is 73.7 cm³/mol. The van der Waals surface area contributed by atoms with Gasteiger partial charge in [0.2, 0.25) is 0 Å². The first-order valence-corrected chi connectivity index (χ1v) is 7.94. The fourth-order valence-corrected chi connectivity index (χ4v) is 3.35. The molecule has 0 amide bonds. The van der Waals surface area contributed by atoms with Gasteiger partial charge in [-0.25, -0.2) is 9.71 Å². The molecule has 1 heterocycles. The van der Waals surface area contributed by atoms with Gasteiger partial charge in [0.15, 0.2) is 5.13 Å². The molecule has 0 saturated carbocycles. The minimum atomic E-state index is -3.75. The molecular formula is C10H17N3O4S2. The van der Waals surface area contributed by atoms with Crippen LogP contribution in [-0.4, -0.2) is 42.4 Å². The second kappa shape index (κ2) is 6.31. The molecule has 0 aliphatic carbocycles. The highest BCUT2D eigenvalue weighted by Crippen LogP contribution is 2.23. The molecule has 0 aliphatic heterocycles. The Labute approximate surface area is 116 Å². The Morgan fingerprint density at radius 2 is 2.16 bits per heavy atom. The third-order valence-electron chi connectivity index (χ3n) is 2.49. The largest absolute Gasteiger partial charge is 0.481 e. The number of aromatic nitrogens is 1. The summed E-state index contributed by atoms with van der Waals surface area (Å²) in [6.45, 7) is 3.73. The van der Waals surface area contributed by atoms with Crippen LogP contribution in [0.2, 0.25) is 0 Å². The van der Waals surface area contributed by atoms with Crippen LogP contribution in [0.4, 0.5) is 5.13 Å². The van der Waals surface area contributed by atoms with Crippen LogP contribution in [-0.2, 0) is 21.4 Å². The first-order chi connectivity index (χ1) is 8.76. The topological polar surface area (TPSA) is 99.6 Å². The summed E-state index contributed by atoms with van der Waals surface area (Å²) in [6, 6.07) is 0. The highest BCUT2D eigenvalue weighted by atomic mass is 32.2. The van der Waals surface area contributed by atoms with Crippen molar-refractivity contribution in [2.75, 3.05) is 18.3 Å². The predicted octanol–water partition coefficient (Wildman–Crippen LogP) is 1.08. The Bertz CT molecular complexity index is 553. The van der Waals surface area contributed by atoms with E-state index in [1.165, 1.54) is 18.4 Å². The zero-order valence-corrected chi connectivity index (χ0v) is 12.6. The normalized spacial score (nSPS) is 11.8. The quantitative estimate of drug-likeness (QED) is 0.785. The summed E-state index contributed by atoms with van der Waals surface area (Å²) in [6.07, 6.45) is 0.493. The molecule has 108 valence electrons. The number of nitrogens with zero attached hydrogens (tertiary/aromatic N) is 2. The molecule has 0 bridgehead atoms. The fraction of sp³-hybridized carbons (Fsp3) is 0.600. The molecule has 0 radical (unpaired) electrons. The third-order valence-corrected chi connectivity index (χ3v) is 5.01. The summed E-state index contributed by atoms with van der Waals surface area (Å²) < 4.78 is 27.1. The van der Waals surface area contributed by atoms with Crippen molar-refractivity contribution in [1.82, 2.24) is 9.29 Å². The summed E-state index contributed by atoms with van der Waals surface area (Å²) in [5, 5.41) is 8.84.